The maximum absolute atomic E-state index is 13.1. The summed E-state index contributed by atoms with van der Waals surface area (Å²) in [4.78, 5) is 38.5. The number of hydrogen-bond acceptors (Lipinski definition) is 4. The molecule has 3 rings (SSSR count). The molecule has 0 saturated carbocycles. The number of ether oxygens (including phenoxy) is 1. The molecule has 1 saturated heterocycles. The molecule has 1 heterocycles. The zero-order chi connectivity index (χ0) is 18.9. The van der Waals surface area contributed by atoms with E-state index >= 15 is 0 Å². The maximum atomic E-state index is 13.1. The van der Waals surface area contributed by atoms with Gasteiger partial charge in [0.2, 0.25) is 0 Å². The van der Waals surface area contributed by atoms with Gasteiger partial charge in [0, 0.05) is 0 Å². The molecule has 0 bridgehead atoms. The number of urea groups is 1. The van der Waals surface area contributed by atoms with Gasteiger partial charge in [-0.05, 0) is 36.8 Å². The predicted octanol–water partition coefficient (Wildman–Crippen LogP) is 2.48. The third-order valence-electron chi connectivity index (χ3n) is 4.41. The number of rotatable bonds is 5. The molecule has 26 heavy (non-hydrogen) atoms. The van der Waals surface area contributed by atoms with Gasteiger partial charge in [-0.25, -0.2) is 9.18 Å². The van der Waals surface area contributed by atoms with E-state index in [9.17, 15) is 18.8 Å². The van der Waals surface area contributed by atoms with Crippen LogP contribution >= 0.6 is 0 Å². The average Bonchev–Trinajstić information content (AvgIpc) is 2.86. The third kappa shape index (κ3) is 2.92. The second-order valence-electron chi connectivity index (χ2n) is 6.08. The highest BCUT2D eigenvalue weighted by atomic mass is 19.1. The van der Waals surface area contributed by atoms with Crippen LogP contribution in [0.5, 0.6) is 5.75 Å². The van der Waals surface area contributed by atoms with Crippen molar-refractivity contribution < 1.29 is 23.5 Å². The lowest BCUT2D eigenvalue weighted by Crippen LogP contribution is -2.41. The molecule has 1 aliphatic heterocycles. The number of ketones is 1. The zero-order valence-electron chi connectivity index (χ0n) is 14.3. The lowest BCUT2D eigenvalue weighted by atomic mass is 9.92. The van der Waals surface area contributed by atoms with Crippen LogP contribution in [0.3, 0.4) is 0 Å². The molecule has 3 amide bonds. The van der Waals surface area contributed by atoms with Crippen LogP contribution in [0, 0.1) is 5.82 Å². The molecule has 6 nitrogen and oxygen atoms in total. The standard InChI is InChI=1S/C19H17FN2O4/c1-19(12-7-9-13(20)10-8-12)17(24)22(18(25)21-19)11-15(23)14-5-3-4-6-16(14)26-2/h3-10H,11H2,1-2H3,(H,21,25). The number of nitrogens with zero attached hydrogens (tertiary/aromatic N) is 1. The smallest absolute Gasteiger partial charge is 0.325 e. The quantitative estimate of drug-likeness (QED) is 0.660. The number of methoxy groups -OCH3 is 1. The van der Waals surface area contributed by atoms with E-state index in [4.69, 9.17) is 4.74 Å². The van der Waals surface area contributed by atoms with Crippen molar-refractivity contribution in [2.45, 2.75) is 12.5 Å². The van der Waals surface area contributed by atoms with Crippen LogP contribution in [0.15, 0.2) is 48.5 Å². The Kier molecular flexibility index (Phi) is 4.46. The summed E-state index contributed by atoms with van der Waals surface area (Å²) in [5.74, 6) is -1.07. The average molecular weight is 356 g/mol. The van der Waals surface area contributed by atoms with Crippen LogP contribution in [0.4, 0.5) is 9.18 Å². The van der Waals surface area contributed by atoms with Gasteiger partial charge in [-0.3, -0.25) is 14.5 Å². The lowest BCUT2D eigenvalue weighted by Gasteiger charge is -2.22. The zero-order valence-corrected chi connectivity index (χ0v) is 14.3. The van der Waals surface area contributed by atoms with E-state index in [1.54, 1.807) is 24.3 Å². The fraction of sp³-hybridized carbons (Fsp3) is 0.211. The number of imide groups is 1. The summed E-state index contributed by atoms with van der Waals surface area (Å²) >= 11 is 0. The normalized spacial score (nSPS) is 19.4. The Labute approximate surface area is 149 Å². The number of hydrogen-bond donors (Lipinski definition) is 1. The predicted molar refractivity (Wildman–Crippen MR) is 91.3 cm³/mol. The molecule has 0 aromatic heterocycles. The second-order valence-corrected chi connectivity index (χ2v) is 6.08. The van der Waals surface area contributed by atoms with Crippen LogP contribution in [0.25, 0.3) is 0 Å². The molecule has 0 radical (unpaired) electrons. The molecule has 1 N–H and O–H groups in total. The van der Waals surface area contributed by atoms with E-state index in [0.717, 1.165) is 4.90 Å². The first-order chi connectivity index (χ1) is 12.4. The summed E-state index contributed by atoms with van der Waals surface area (Å²) in [6, 6.07) is 11.2. The van der Waals surface area contributed by atoms with Crippen molar-refractivity contribution >= 4 is 17.7 Å². The Morgan fingerprint density at radius 2 is 1.81 bits per heavy atom. The first-order valence-corrected chi connectivity index (χ1v) is 7.93. The van der Waals surface area contributed by atoms with Gasteiger partial charge in [0.1, 0.15) is 17.1 Å². The largest absolute Gasteiger partial charge is 0.496 e. The maximum Gasteiger partial charge on any atom is 0.325 e. The minimum Gasteiger partial charge on any atom is -0.496 e. The van der Waals surface area contributed by atoms with Gasteiger partial charge >= 0.3 is 6.03 Å². The molecule has 0 spiro atoms. The fourth-order valence-electron chi connectivity index (χ4n) is 2.92. The molecule has 2 aromatic carbocycles. The Bertz CT molecular complexity index is 881. The van der Waals surface area contributed by atoms with Crippen molar-refractivity contribution in [1.29, 1.82) is 0 Å². The van der Waals surface area contributed by atoms with Crippen LogP contribution < -0.4 is 10.1 Å². The molecule has 1 aliphatic rings. The van der Waals surface area contributed by atoms with E-state index in [1.165, 1.54) is 38.3 Å². The number of nitrogens with one attached hydrogen (secondary N) is 1. The number of halogens is 1. The molecule has 7 heteroatoms. The summed E-state index contributed by atoms with van der Waals surface area (Å²) in [5.41, 5.74) is -0.637. The molecular formula is C19H17FN2O4. The van der Waals surface area contributed by atoms with E-state index in [2.05, 4.69) is 5.32 Å². The molecule has 1 unspecified atom stereocenters. The number of amides is 3. The number of benzene rings is 2. The Morgan fingerprint density at radius 1 is 1.15 bits per heavy atom. The SMILES string of the molecule is COc1ccccc1C(=O)CN1C(=O)NC(C)(c2ccc(F)cc2)C1=O. The summed E-state index contributed by atoms with van der Waals surface area (Å²) in [5, 5.41) is 2.58. The Hall–Kier alpha value is -3.22. The van der Waals surface area contributed by atoms with Crippen LogP contribution in [-0.4, -0.2) is 36.3 Å². The van der Waals surface area contributed by atoms with Gasteiger partial charge in [0.05, 0.1) is 19.2 Å². The minimum absolute atomic E-state index is 0.283. The third-order valence-corrected chi connectivity index (χ3v) is 4.41. The number of carbonyl (C=O) groups is 3. The summed E-state index contributed by atoms with van der Waals surface area (Å²) < 4.78 is 18.3. The minimum atomic E-state index is -1.36. The topological polar surface area (TPSA) is 75.7 Å². The first-order valence-electron chi connectivity index (χ1n) is 7.93. The molecule has 0 aliphatic carbocycles. The Morgan fingerprint density at radius 3 is 2.46 bits per heavy atom. The van der Waals surface area contributed by atoms with Gasteiger partial charge in [-0.2, -0.15) is 0 Å². The van der Waals surface area contributed by atoms with Gasteiger partial charge in [0.25, 0.3) is 5.91 Å². The lowest BCUT2D eigenvalue weighted by molar-refractivity contribution is -0.130. The van der Waals surface area contributed by atoms with Crippen molar-refractivity contribution in [3.05, 3.63) is 65.5 Å². The summed E-state index contributed by atoms with van der Waals surface area (Å²) in [6.45, 7) is 1.11. The van der Waals surface area contributed by atoms with E-state index in [0.29, 0.717) is 11.3 Å². The van der Waals surface area contributed by atoms with Crippen molar-refractivity contribution in [2.24, 2.45) is 0 Å². The van der Waals surface area contributed by atoms with Crippen molar-refractivity contribution in [1.82, 2.24) is 10.2 Å². The molecule has 1 atom stereocenters. The van der Waals surface area contributed by atoms with Crippen molar-refractivity contribution in [2.75, 3.05) is 13.7 Å². The van der Waals surface area contributed by atoms with Crippen molar-refractivity contribution in [3.63, 3.8) is 0 Å². The highest BCUT2D eigenvalue weighted by Gasteiger charge is 2.49. The molecule has 134 valence electrons. The summed E-state index contributed by atoms with van der Waals surface area (Å²) in [6.07, 6.45) is 0. The molecular weight excluding hydrogens is 339 g/mol. The van der Waals surface area contributed by atoms with Gasteiger partial charge < -0.3 is 10.1 Å². The van der Waals surface area contributed by atoms with Gasteiger partial charge in [-0.15, -0.1) is 0 Å². The Balaban J connectivity index is 1.85. The second kappa shape index (κ2) is 6.59. The number of carbonyl (C=O) groups excluding carboxylic acids is 3. The first kappa shape index (κ1) is 17.6. The van der Waals surface area contributed by atoms with E-state index < -0.39 is 35.6 Å². The number of Topliss-reactive ketones (excluding diaryl/α,β-unsaturated/α-hetero) is 1. The highest BCUT2D eigenvalue weighted by molar-refractivity contribution is 6.11. The van der Waals surface area contributed by atoms with E-state index in [-0.39, 0.29) is 5.56 Å². The summed E-state index contributed by atoms with van der Waals surface area (Å²) in [7, 11) is 1.44. The molecule has 2 aromatic rings. The highest BCUT2D eigenvalue weighted by Crippen LogP contribution is 2.29. The van der Waals surface area contributed by atoms with Crippen LogP contribution in [0.1, 0.15) is 22.8 Å². The van der Waals surface area contributed by atoms with Crippen molar-refractivity contribution in [3.8, 4) is 5.75 Å². The van der Waals surface area contributed by atoms with Gasteiger partial charge in [0.15, 0.2) is 5.78 Å². The van der Waals surface area contributed by atoms with E-state index in [1.807, 2.05) is 0 Å². The van der Waals surface area contributed by atoms with Crippen LogP contribution in [0.2, 0.25) is 0 Å². The fourth-order valence-corrected chi connectivity index (χ4v) is 2.92. The monoisotopic (exact) mass is 356 g/mol. The van der Waals surface area contributed by atoms with Gasteiger partial charge in [-0.1, -0.05) is 24.3 Å². The molecule has 1 fully saturated rings. The van der Waals surface area contributed by atoms with Crippen LogP contribution in [-0.2, 0) is 10.3 Å². The number of para-hydroxylation sites is 1.